The van der Waals surface area contributed by atoms with Crippen LogP contribution < -0.4 is 16.6 Å². The molecule has 0 saturated heterocycles. The summed E-state index contributed by atoms with van der Waals surface area (Å²) in [7, 11) is 0. The van der Waals surface area contributed by atoms with E-state index in [1.54, 1.807) is 0 Å². The van der Waals surface area contributed by atoms with Crippen molar-refractivity contribution in [2.24, 2.45) is 5.41 Å². The van der Waals surface area contributed by atoms with Crippen LogP contribution in [0.2, 0.25) is 0 Å². The Morgan fingerprint density at radius 3 is 2.84 bits per heavy atom. The molecule has 6 nitrogen and oxygen atoms in total. The van der Waals surface area contributed by atoms with Gasteiger partial charge in [-0.3, -0.25) is 9.59 Å². The number of hydrogen-bond donors (Lipinski definition) is 3. The summed E-state index contributed by atoms with van der Waals surface area (Å²) in [4.78, 5) is 23.3. The molecular formula is C13H19N3O3. The monoisotopic (exact) mass is 265 g/mol. The molecule has 1 aliphatic carbocycles. The fraction of sp³-hybridized carbons (Fsp3) is 0.538. The van der Waals surface area contributed by atoms with Crippen molar-refractivity contribution in [2.75, 3.05) is 18.9 Å². The number of pyridine rings is 1. The van der Waals surface area contributed by atoms with Crippen molar-refractivity contribution in [3.05, 3.63) is 28.7 Å². The van der Waals surface area contributed by atoms with Gasteiger partial charge < -0.3 is 20.7 Å². The average Bonchev–Trinajstić information content (AvgIpc) is 3.12. The van der Waals surface area contributed by atoms with E-state index in [-0.39, 0.29) is 30.0 Å². The molecule has 2 rings (SSSR count). The highest BCUT2D eigenvalue weighted by Crippen LogP contribution is 2.47. The van der Waals surface area contributed by atoms with Gasteiger partial charge in [-0.25, -0.2) is 0 Å². The second-order valence-electron chi connectivity index (χ2n) is 5.18. The van der Waals surface area contributed by atoms with E-state index < -0.39 is 0 Å². The van der Waals surface area contributed by atoms with E-state index in [1.807, 2.05) is 0 Å². The number of carbonyl (C=O) groups excluding carboxylic acids is 1. The molecule has 1 saturated carbocycles. The van der Waals surface area contributed by atoms with Crippen molar-refractivity contribution in [3.8, 4) is 0 Å². The zero-order chi connectivity index (χ0) is 13.9. The van der Waals surface area contributed by atoms with Gasteiger partial charge in [0.2, 0.25) is 5.91 Å². The Morgan fingerprint density at radius 2 is 2.21 bits per heavy atom. The maximum Gasteiger partial charge on any atom is 0.251 e. The number of aliphatic hydroxyl groups excluding tert-OH is 1. The standard InChI is InChI=1S/C13H19N3O3/c14-10-1-2-12(19)16(7-10)8-11(18)15-9-13(3-4-13)5-6-17/h1-2,7,17H,3-6,8-9,14H2,(H,15,18). The molecule has 0 unspecified atom stereocenters. The summed E-state index contributed by atoms with van der Waals surface area (Å²) in [5.41, 5.74) is 5.85. The molecule has 1 heterocycles. The summed E-state index contributed by atoms with van der Waals surface area (Å²) in [6, 6.07) is 2.86. The van der Waals surface area contributed by atoms with Gasteiger partial charge in [0.1, 0.15) is 6.54 Å². The van der Waals surface area contributed by atoms with Crippen LogP contribution in [-0.2, 0) is 11.3 Å². The molecule has 0 aliphatic heterocycles. The lowest BCUT2D eigenvalue weighted by molar-refractivity contribution is -0.122. The molecule has 1 aromatic rings. The van der Waals surface area contributed by atoms with Crippen molar-refractivity contribution in [1.29, 1.82) is 0 Å². The molecule has 104 valence electrons. The van der Waals surface area contributed by atoms with Gasteiger partial charge >= 0.3 is 0 Å². The average molecular weight is 265 g/mol. The maximum absolute atomic E-state index is 11.8. The van der Waals surface area contributed by atoms with Gasteiger partial charge in [0.25, 0.3) is 5.56 Å². The summed E-state index contributed by atoms with van der Waals surface area (Å²) in [6.07, 6.45) is 4.24. The number of carbonyl (C=O) groups is 1. The molecule has 6 heteroatoms. The number of nitrogens with one attached hydrogen (secondary N) is 1. The lowest BCUT2D eigenvalue weighted by Crippen LogP contribution is -2.35. The predicted molar refractivity (Wildman–Crippen MR) is 71.5 cm³/mol. The number of aromatic nitrogens is 1. The Balaban J connectivity index is 1.88. The first-order valence-corrected chi connectivity index (χ1v) is 6.38. The number of hydrogen-bond acceptors (Lipinski definition) is 4. The Bertz CT molecular complexity index is 520. The van der Waals surface area contributed by atoms with E-state index in [0.717, 1.165) is 12.8 Å². The highest BCUT2D eigenvalue weighted by molar-refractivity contribution is 5.75. The number of rotatable bonds is 6. The van der Waals surface area contributed by atoms with Gasteiger partial charge in [0, 0.05) is 31.1 Å². The van der Waals surface area contributed by atoms with Gasteiger partial charge in [-0.15, -0.1) is 0 Å². The van der Waals surface area contributed by atoms with Crippen LogP contribution in [0.5, 0.6) is 0 Å². The van der Waals surface area contributed by atoms with Crippen molar-refractivity contribution < 1.29 is 9.90 Å². The predicted octanol–water partition coefficient (Wildman–Crippen LogP) is -0.291. The first-order valence-electron chi connectivity index (χ1n) is 6.38. The molecule has 0 radical (unpaired) electrons. The SMILES string of the molecule is Nc1ccc(=O)n(CC(=O)NCC2(CCO)CC2)c1. The molecule has 4 N–H and O–H groups in total. The number of nitrogen functional groups attached to an aromatic ring is 1. The summed E-state index contributed by atoms with van der Waals surface area (Å²) in [5, 5.41) is 11.8. The lowest BCUT2D eigenvalue weighted by Gasteiger charge is -2.15. The van der Waals surface area contributed by atoms with Crippen molar-refractivity contribution in [3.63, 3.8) is 0 Å². The minimum absolute atomic E-state index is 0.0287. The van der Waals surface area contributed by atoms with Crippen molar-refractivity contribution in [1.82, 2.24) is 9.88 Å². The fourth-order valence-corrected chi connectivity index (χ4v) is 2.10. The Kier molecular flexibility index (Phi) is 3.90. The maximum atomic E-state index is 11.8. The quantitative estimate of drug-likeness (QED) is 0.658. The Hall–Kier alpha value is -1.82. The van der Waals surface area contributed by atoms with Crippen LogP contribution in [0.1, 0.15) is 19.3 Å². The zero-order valence-corrected chi connectivity index (χ0v) is 10.8. The van der Waals surface area contributed by atoms with E-state index in [9.17, 15) is 9.59 Å². The second kappa shape index (κ2) is 5.44. The summed E-state index contributed by atoms with van der Waals surface area (Å²) < 4.78 is 1.29. The fourth-order valence-electron chi connectivity index (χ4n) is 2.10. The van der Waals surface area contributed by atoms with Crippen LogP contribution in [0, 0.1) is 5.41 Å². The zero-order valence-electron chi connectivity index (χ0n) is 10.8. The van der Waals surface area contributed by atoms with E-state index >= 15 is 0 Å². The van der Waals surface area contributed by atoms with Gasteiger partial charge in [0.05, 0.1) is 0 Å². The highest BCUT2D eigenvalue weighted by atomic mass is 16.3. The highest BCUT2D eigenvalue weighted by Gasteiger charge is 2.41. The molecule has 0 atom stereocenters. The van der Waals surface area contributed by atoms with E-state index in [1.165, 1.54) is 22.9 Å². The first kappa shape index (κ1) is 13.6. The second-order valence-corrected chi connectivity index (χ2v) is 5.18. The number of nitrogens with two attached hydrogens (primary N) is 1. The first-order chi connectivity index (χ1) is 9.04. The van der Waals surface area contributed by atoms with Gasteiger partial charge in [-0.05, 0) is 30.7 Å². The van der Waals surface area contributed by atoms with E-state index in [4.69, 9.17) is 10.8 Å². The minimum atomic E-state index is -0.249. The summed E-state index contributed by atoms with van der Waals surface area (Å²) in [6.45, 7) is 0.674. The molecule has 1 aromatic heterocycles. The van der Waals surface area contributed by atoms with E-state index in [0.29, 0.717) is 18.7 Å². The van der Waals surface area contributed by atoms with Crippen LogP contribution in [0.3, 0.4) is 0 Å². The van der Waals surface area contributed by atoms with Crippen LogP contribution in [0.25, 0.3) is 0 Å². The van der Waals surface area contributed by atoms with E-state index in [2.05, 4.69) is 5.32 Å². The molecule has 0 spiro atoms. The minimum Gasteiger partial charge on any atom is -0.398 e. The molecule has 1 aliphatic rings. The topological polar surface area (TPSA) is 97.4 Å². The molecule has 19 heavy (non-hydrogen) atoms. The number of aliphatic hydroxyl groups is 1. The third-order valence-electron chi connectivity index (χ3n) is 3.58. The molecule has 0 aromatic carbocycles. The molecule has 1 fully saturated rings. The lowest BCUT2D eigenvalue weighted by atomic mass is 10.0. The normalized spacial score (nSPS) is 16.1. The van der Waals surface area contributed by atoms with Gasteiger partial charge in [0.15, 0.2) is 0 Å². The molecule has 1 amide bonds. The third-order valence-corrected chi connectivity index (χ3v) is 3.58. The van der Waals surface area contributed by atoms with Crippen LogP contribution in [0.4, 0.5) is 5.69 Å². The Morgan fingerprint density at radius 1 is 1.47 bits per heavy atom. The number of amides is 1. The number of nitrogens with zero attached hydrogens (tertiary/aromatic N) is 1. The third kappa shape index (κ3) is 3.57. The van der Waals surface area contributed by atoms with Crippen LogP contribution in [-0.4, -0.2) is 28.7 Å². The van der Waals surface area contributed by atoms with Crippen molar-refractivity contribution >= 4 is 11.6 Å². The van der Waals surface area contributed by atoms with Crippen LogP contribution in [0.15, 0.2) is 23.1 Å². The van der Waals surface area contributed by atoms with Gasteiger partial charge in [-0.2, -0.15) is 0 Å². The van der Waals surface area contributed by atoms with Crippen LogP contribution >= 0.6 is 0 Å². The summed E-state index contributed by atoms with van der Waals surface area (Å²) >= 11 is 0. The molecule has 0 bridgehead atoms. The van der Waals surface area contributed by atoms with Crippen molar-refractivity contribution in [2.45, 2.75) is 25.8 Å². The number of anilines is 1. The largest absolute Gasteiger partial charge is 0.398 e. The smallest absolute Gasteiger partial charge is 0.251 e. The molecular weight excluding hydrogens is 246 g/mol. The Labute approximate surface area is 111 Å². The summed E-state index contributed by atoms with van der Waals surface area (Å²) in [5.74, 6) is -0.211. The van der Waals surface area contributed by atoms with Gasteiger partial charge in [-0.1, -0.05) is 0 Å².